The fraction of sp³-hybridized carbons (Fsp3) is 0.600. The molecule has 2 unspecified atom stereocenters. The van der Waals surface area contributed by atoms with E-state index >= 15 is 0 Å². The van der Waals surface area contributed by atoms with Gasteiger partial charge in [-0.25, -0.2) is 4.79 Å². The van der Waals surface area contributed by atoms with Crippen molar-refractivity contribution in [2.75, 3.05) is 31.5 Å². The Morgan fingerprint density at radius 2 is 1.68 bits per heavy atom. The molecular weight excluding hydrogens is 314 g/mol. The van der Waals surface area contributed by atoms with Gasteiger partial charge in [-0.05, 0) is 50.2 Å². The first-order valence-electron chi connectivity index (χ1n) is 9.53. The minimum absolute atomic E-state index is 0.0521. The van der Waals surface area contributed by atoms with Gasteiger partial charge in [-0.15, -0.1) is 0 Å². The van der Waals surface area contributed by atoms with Crippen LogP contribution >= 0.6 is 0 Å². The number of nitrogens with one attached hydrogen (secondary N) is 1. The smallest absolute Gasteiger partial charge is 0.321 e. The zero-order valence-corrected chi connectivity index (χ0v) is 15.1. The van der Waals surface area contributed by atoms with Gasteiger partial charge in [0, 0.05) is 31.9 Å². The van der Waals surface area contributed by atoms with Crippen molar-refractivity contribution in [2.45, 2.75) is 39.0 Å². The number of likely N-dealkylation sites (tertiary alicyclic amines) is 2. The number of piperidine rings is 1. The maximum atomic E-state index is 12.9. The standard InChI is InChI=1S/C20H29N3O2/c1-16-7-5-12-22(14-11-16)19(24)17-8-6-13-23(15-17)20(25)21-18-9-3-2-4-10-18/h2-4,9-10,16-17H,5-8,11-15H2,1H3,(H,21,25). The van der Waals surface area contributed by atoms with E-state index < -0.39 is 0 Å². The molecule has 5 heteroatoms. The molecule has 25 heavy (non-hydrogen) atoms. The monoisotopic (exact) mass is 343 g/mol. The van der Waals surface area contributed by atoms with Gasteiger partial charge in [0.05, 0.1) is 5.92 Å². The molecule has 3 rings (SSSR count). The highest BCUT2D eigenvalue weighted by molar-refractivity contribution is 5.90. The number of carbonyl (C=O) groups is 2. The minimum Gasteiger partial charge on any atom is -0.342 e. The number of urea groups is 1. The van der Waals surface area contributed by atoms with Crippen molar-refractivity contribution in [1.29, 1.82) is 0 Å². The number of hydrogen-bond donors (Lipinski definition) is 1. The molecule has 3 amide bonds. The zero-order valence-electron chi connectivity index (χ0n) is 15.1. The van der Waals surface area contributed by atoms with E-state index in [1.807, 2.05) is 35.2 Å². The van der Waals surface area contributed by atoms with Gasteiger partial charge in [0.25, 0.3) is 0 Å². The van der Waals surface area contributed by atoms with Crippen LogP contribution in [0.1, 0.15) is 39.0 Å². The number of rotatable bonds is 2. The van der Waals surface area contributed by atoms with E-state index in [9.17, 15) is 9.59 Å². The van der Waals surface area contributed by atoms with E-state index in [0.717, 1.165) is 51.0 Å². The Morgan fingerprint density at radius 3 is 2.48 bits per heavy atom. The summed E-state index contributed by atoms with van der Waals surface area (Å²) in [4.78, 5) is 29.2. The Hall–Kier alpha value is -2.04. The number of benzene rings is 1. The molecule has 136 valence electrons. The van der Waals surface area contributed by atoms with Crippen LogP contribution in [0, 0.1) is 11.8 Å². The van der Waals surface area contributed by atoms with Crippen LogP contribution in [0.25, 0.3) is 0 Å². The zero-order chi connectivity index (χ0) is 17.6. The van der Waals surface area contributed by atoms with Crippen LogP contribution in [0.2, 0.25) is 0 Å². The van der Waals surface area contributed by atoms with Crippen LogP contribution in [-0.4, -0.2) is 47.9 Å². The van der Waals surface area contributed by atoms with E-state index in [1.54, 1.807) is 4.90 Å². The summed E-state index contributed by atoms with van der Waals surface area (Å²) in [6.45, 7) is 5.26. The van der Waals surface area contributed by atoms with Crippen molar-refractivity contribution in [3.63, 3.8) is 0 Å². The van der Waals surface area contributed by atoms with Crippen molar-refractivity contribution < 1.29 is 9.59 Å². The SMILES string of the molecule is CC1CCCN(C(=O)C2CCCN(C(=O)Nc3ccccc3)C2)CC1. The molecule has 1 aromatic carbocycles. The Balaban J connectivity index is 1.56. The topological polar surface area (TPSA) is 52.7 Å². The third kappa shape index (κ3) is 4.74. The molecule has 5 nitrogen and oxygen atoms in total. The second-order valence-corrected chi connectivity index (χ2v) is 7.44. The maximum absolute atomic E-state index is 12.9. The fourth-order valence-corrected chi connectivity index (χ4v) is 3.83. The van der Waals surface area contributed by atoms with E-state index in [2.05, 4.69) is 12.2 Å². The number of hydrogen-bond acceptors (Lipinski definition) is 2. The van der Waals surface area contributed by atoms with Crippen LogP contribution in [0.3, 0.4) is 0 Å². The average Bonchev–Trinajstić information content (AvgIpc) is 2.86. The molecule has 2 fully saturated rings. The van der Waals surface area contributed by atoms with Crippen molar-refractivity contribution >= 4 is 17.6 Å². The molecule has 0 aromatic heterocycles. The third-order valence-corrected chi connectivity index (χ3v) is 5.41. The molecule has 0 bridgehead atoms. The average molecular weight is 343 g/mol. The van der Waals surface area contributed by atoms with Crippen LogP contribution in [0.15, 0.2) is 30.3 Å². The predicted octanol–water partition coefficient (Wildman–Crippen LogP) is 3.58. The summed E-state index contributed by atoms with van der Waals surface area (Å²) in [5.74, 6) is 0.896. The van der Waals surface area contributed by atoms with Crippen LogP contribution in [0.5, 0.6) is 0 Å². The van der Waals surface area contributed by atoms with Gasteiger partial charge in [-0.1, -0.05) is 25.1 Å². The maximum Gasteiger partial charge on any atom is 0.321 e. The molecule has 0 radical (unpaired) electrons. The van der Waals surface area contributed by atoms with Gasteiger partial charge in [-0.2, -0.15) is 0 Å². The van der Waals surface area contributed by atoms with Gasteiger partial charge >= 0.3 is 6.03 Å². The summed E-state index contributed by atoms with van der Waals surface area (Å²) < 4.78 is 0. The second-order valence-electron chi connectivity index (χ2n) is 7.44. The second kappa shape index (κ2) is 8.37. The van der Waals surface area contributed by atoms with E-state index in [-0.39, 0.29) is 17.9 Å². The molecule has 0 aliphatic carbocycles. The molecule has 1 aromatic rings. The Labute approximate surface area is 150 Å². The lowest BCUT2D eigenvalue weighted by Gasteiger charge is -2.34. The van der Waals surface area contributed by atoms with Gasteiger partial charge in [0.1, 0.15) is 0 Å². The summed E-state index contributed by atoms with van der Waals surface area (Å²) in [5, 5.41) is 2.93. The largest absolute Gasteiger partial charge is 0.342 e. The molecule has 1 N–H and O–H groups in total. The van der Waals surface area contributed by atoms with Crippen LogP contribution in [0.4, 0.5) is 10.5 Å². The van der Waals surface area contributed by atoms with Crippen molar-refractivity contribution in [3.8, 4) is 0 Å². The van der Waals surface area contributed by atoms with E-state index in [0.29, 0.717) is 12.5 Å². The molecular formula is C20H29N3O2. The Morgan fingerprint density at radius 1 is 0.960 bits per heavy atom. The summed E-state index contributed by atoms with van der Waals surface area (Å²) >= 11 is 0. The minimum atomic E-state index is -0.104. The highest BCUT2D eigenvalue weighted by Gasteiger charge is 2.31. The normalized spacial score (nSPS) is 24.5. The third-order valence-electron chi connectivity index (χ3n) is 5.41. The molecule has 2 atom stereocenters. The summed E-state index contributed by atoms with van der Waals surface area (Å²) in [5.41, 5.74) is 0.794. The number of anilines is 1. The van der Waals surface area contributed by atoms with Gasteiger partial charge in [0.15, 0.2) is 0 Å². The number of carbonyl (C=O) groups excluding carboxylic acids is 2. The lowest BCUT2D eigenvalue weighted by Crippen LogP contribution is -2.48. The quantitative estimate of drug-likeness (QED) is 0.892. The molecule has 0 saturated carbocycles. The predicted molar refractivity (Wildman–Crippen MR) is 99.4 cm³/mol. The summed E-state index contributed by atoms with van der Waals surface area (Å²) in [7, 11) is 0. The van der Waals surface area contributed by atoms with Crippen LogP contribution < -0.4 is 5.32 Å². The molecule has 2 heterocycles. The van der Waals surface area contributed by atoms with Gasteiger partial charge in [0.2, 0.25) is 5.91 Å². The first-order valence-corrected chi connectivity index (χ1v) is 9.53. The Kier molecular flexibility index (Phi) is 5.95. The highest BCUT2D eigenvalue weighted by atomic mass is 16.2. The Bertz CT molecular complexity index is 590. The number of para-hydroxylation sites is 1. The molecule has 0 spiro atoms. The van der Waals surface area contributed by atoms with Gasteiger partial charge in [-0.3, -0.25) is 4.79 Å². The number of nitrogens with zero attached hydrogens (tertiary/aromatic N) is 2. The molecule has 2 aliphatic rings. The van der Waals surface area contributed by atoms with E-state index in [1.165, 1.54) is 6.42 Å². The van der Waals surface area contributed by atoms with Crippen molar-refractivity contribution in [3.05, 3.63) is 30.3 Å². The van der Waals surface area contributed by atoms with Crippen LogP contribution in [-0.2, 0) is 4.79 Å². The fourth-order valence-electron chi connectivity index (χ4n) is 3.83. The van der Waals surface area contributed by atoms with Crippen molar-refractivity contribution in [1.82, 2.24) is 9.80 Å². The molecule has 2 aliphatic heterocycles. The highest BCUT2D eigenvalue weighted by Crippen LogP contribution is 2.23. The van der Waals surface area contributed by atoms with Crippen molar-refractivity contribution in [2.24, 2.45) is 11.8 Å². The molecule has 2 saturated heterocycles. The number of amides is 3. The van der Waals surface area contributed by atoms with Gasteiger partial charge < -0.3 is 15.1 Å². The summed E-state index contributed by atoms with van der Waals surface area (Å²) in [6, 6.07) is 9.38. The lowest BCUT2D eigenvalue weighted by molar-refractivity contribution is -0.136. The lowest BCUT2D eigenvalue weighted by atomic mass is 9.96. The first-order chi connectivity index (χ1) is 12.1. The summed E-state index contributed by atoms with van der Waals surface area (Å²) in [6.07, 6.45) is 5.18. The van der Waals surface area contributed by atoms with E-state index in [4.69, 9.17) is 0 Å². The first kappa shape index (κ1) is 17.8.